The minimum Gasteiger partial charge on any atom is -0.368 e. The average molecular weight is 422 g/mol. The molecular weight excluding hydrogens is 372 g/mol. The first-order valence-electron chi connectivity index (χ1n) is 16.6. The molecule has 1 aromatic carbocycles. The van der Waals surface area contributed by atoms with E-state index in [1.807, 2.05) is 0 Å². The Morgan fingerprint density at radius 1 is 1.32 bits per heavy atom. The molecule has 1 N–H and O–H groups in total. The fourth-order valence-electron chi connectivity index (χ4n) is 3.05. The van der Waals surface area contributed by atoms with Crippen LogP contribution in [0, 0.1) is 12.8 Å². The second-order valence-electron chi connectivity index (χ2n) is 6.84. The van der Waals surface area contributed by atoms with Crippen molar-refractivity contribution in [1.29, 1.82) is 0 Å². The molecular formula is C22H35ClN4O. The second-order valence-corrected chi connectivity index (χ2v) is 7.22. The number of piperazine rings is 1. The van der Waals surface area contributed by atoms with Gasteiger partial charge in [0.15, 0.2) is 0 Å². The second kappa shape index (κ2) is 9.84. The molecule has 1 aliphatic carbocycles. The molecule has 1 aromatic rings. The Morgan fingerprint density at radius 2 is 2.04 bits per heavy atom. The van der Waals surface area contributed by atoms with Crippen LogP contribution in [-0.4, -0.2) is 68.4 Å². The Hall–Kier alpha value is -1.46. The molecule has 1 saturated heterocycles. The van der Waals surface area contributed by atoms with Crippen molar-refractivity contribution in [2.75, 3.05) is 51.4 Å². The molecule has 5 nitrogen and oxygen atoms in total. The SMILES string of the molecule is [2H]C([2H])([2H])N(C)C(=O)N[C@H]1CC[C@H](C([2H])([2H])C([2H])([2H])N2C([2H])([2H])C([2H])([2H])N(c3cccc(C)c3Cl)C([2H])([2H])C2([2H])[2H])CC1. The lowest BCUT2D eigenvalue weighted by Gasteiger charge is -2.37. The Balaban J connectivity index is 1.97. The van der Waals surface area contributed by atoms with Crippen LogP contribution in [0.2, 0.25) is 5.02 Å². The third kappa shape index (κ3) is 5.54. The summed E-state index contributed by atoms with van der Waals surface area (Å²) in [4.78, 5) is 12.7. The van der Waals surface area contributed by atoms with Crippen LogP contribution >= 0.6 is 11.6 Å². The number of hydrogen-bond donors (Lipinski definition) is 1. The van der Waals surface area contributed by atoms with E-state index in [0.29, 0.717) is 10.5 Å². The first kappa shape index (κ1) is 9.13. The first-order chi connectivity index (χ1) is 19.2. The minimum atomic E-state index is -3.66. The summed E-state index contributed by atoms with van der Waals surface area (Å²) in [7, 11) is 1.09. The first-order valence-corrected chi connectivity index (χ1v) is 9.46. The largest absolute Gasteiger partial charge is 0.368 e. The van der Waals surface area contributed by atoms with Crippen LogP contribution in [0.5, 0.6) is 0 Å². The molecule has 3 rings (SSSR count). The van der Waals surface area contributed by atoms with Crippen molar-refractivity contribution in [3.05, 3.63) is 28.8 Å². The molecule has 156 valence electrons. The van der Waals surface area contributed by atoms with Gasteiger partial charge in [-0.1, -0.05) is 23.7 Å². The molecule has 2 aliphatic rings. The maximum atomic E-state index is 12.3. The van der Waals surface area contributed by atoms with Crippen molar-refractivity contribution in [3.8, 4) is 0 Å². The fraction of sp³-hybridized carbons (Fsp3) is 0.682. The van der Waals surface area contributed by atoms with E-state index in [4.69, 9.17) is 32.2 Å². The quantitative estimate of drug-likeness (QED) is 0.781. The molecule has 1 saturated carbocycles. The van der Waals surface area contributed by atoms with E-state index < -0.39 is 63.8 Å². The van der Waals surface area contributed by atoms with E-state index in [9.17, 15) is 4.79 Å². The van der Waals surface area contributed by atoms with Gasteiger partial charge in [0.25, 0.3) is 0 Å². The zero-order valence-electron chi connectivity index (χ0n) is 30.8. The molecule has 1 aliphatic heterocycles. The van der Waals surface area contributed by atoms with E-state index >= 15 is 0 Å². The predicted molar refractivity (Wildman–Crippen MR) is 117 cm³/mol. The van der Waals surface area contributed by atoms with Gasteiger partial charge in [-0.25, -0.2) is 4.79 Å². The van der Waals surface area contributed by atoms with Crippen LogP contribution in [0.3, 0.4) is 0 Å². The van der Waals surface area contributed by atoms with E-state index in [-0.39, 0.29) is 46.2 Å². The van der Waals surface area contributed by atoms with Crippen LogP contribution in [0.1, 0.15) is 58.2 Å². The number of anilines is 1. The lowest BCUT2D eigenvalue weighted by atomic mass is 9.84. The Kier molecular flexibility index (Phi) is 3.21. The summed E-state index contributed by atoms with van der Waals surface area (Å²) in [6.07, 6.45) is -2.99. The van der Waals surface area contributed by atoms with E-state index in [0.717, 1.165) is 7.05 Å². The number of halogens is 1. The Labute approximate surface area is 196 Å². The van der Waals surface area contributed by atoms with Crippen LogP contribution in [0.4, 0.5) is 10.5 Å². The van der Waals surface area contributed by atoms with Gasteiger partial charge < -0.3 is 15.1 Å². The topological polar surface area (TPSA) is 38.8 Å². The van der Waals surface area contributed by atoms with Gasteiger partial charge >= 0.3 is 6.03 Å². The monoisotopic (exact) mass is 421 g/mol. The van der Waals surface area contributed by atoms with Crippen molar-refractivity contribution in [2.45, 2.75) is 45.0 Å². The molecule has 2 amide bonds. The van der Waals surface area contributed by atoms with E-state index in [1.54, 1.807) is 0 Å². The van der Waals surface area contributed by atoms with Crippen LogP contribution in [0.25, 0.3) is 0 Å². The standard InChI is InChI=1S/C22H35ClN4O/c1-17-5-4-6-20(21(17)23)27-15-13-26(14-16-27)12-11-18-7-9-19(10-8-18)24-22(28)25(2)3/h4-6,18-19H,7-16H2,1-3H3,(H,24,28)/t18-,19-/i2D3,11D2,12D2,13D2,14D2,15D2,16D2. The molecule has 0 unspecified atom stereocenters. The lowest BCUT2D eigenvalue weighted by molar-refractivity contribution is 0.194. The molecule has 0 spiro atoms. The summed E-state index contributed by atoms with van der Waals surface area (Å²) in [6.45, 7) is -19.0. The van der Waals surface area contributed by atoms with Crippen molar-refractivity contribution >= 4 is 23.3 Å². The van der Waals surface area contributed by atoms with Gasteiger partial charge in [-0.2, -0.15) is 0 Å². The van der Waals surface area contributed by atoms with Crippen molar-refractivity contribution in [3.63, 3.8) is 0 Å². The van der Waals surface area contributed by atoms with E-state index in [2.05, 4.69) is 5.32 Å². The number of amides is 2. The van der Waals surface area contributed by atoms with Gasteiger partial charge in [-0.3, -0.25) is 4.90 Å². The summed E-state index contributed by atoms with van der Waals surface area (Å²) in [5, 5.41) is 2.38. The van der Waals surface area contributed by atoms with Gasteiger partial charge in [0.2, 0.25) is 0 Å². The molecule has 0 bridgehead atoms. The molecule has 28 heavy (non-hydrogen) atoms. The maximum absolute atomic E-state index is 12.3. The lowest BCUT2D eigenvalue weighted by Crippen LogP contribution is -2.47. The van der Waals surface area contributed by atoms with Crippen LogP contribution in [0.15, 0.2) is 18.2 Å². The minimum absolute atomic E-state index is 0.0699. The van der Waals surface area contributed by atoms with Gasteiger partial charge in [0, 0.05) is 61.1 Å². The summed E-state index contributed by atoms with van der Waals surface area (Å²) in [5.74, 6) is -1.18. The normalized spacial score (nSPS) is 40.1. The molecule has 0 radical (unpaired) electrons. The molecule has 1 heterocycles. The number of nitrogens with zero attached hydrogens (tertiary/aromatic N) is 3. The Bertz CT molecular complexity index is 1190. The van der Waals surface area contributed by atoms with Crippen molar-refractivity contribution in [1.82, 2.24) is 15.1 Å². The average Bonchev–Trinajstić information content (AvgIpc) is 2.84. The third-order valence-corrected chi connectivity index (χ3v) is 5.19. The van der Waals surface area contributed by atoms with Gasteiger partial charge in [-0.05, 0) is 63.0 Å². The summed E-state index contributed by atoms with van der Waals surface area (Å²) < 4.78 is 127. The fourth-order valence-corrected chi connectivity index (χ4v) is 3.26. The van der Waals surface area contributed by atoms with Gasteiger partial charge in [-0.15, -0.1) is 0 Å². The third-order valence-electron chi connectivity index (χ3n) is 4.70. The number of benzene rings is 1. The molecule has 0 atom stereocenters. The number of aryl methyl sites for hydroxylation is 1. The molecule has 6 heteroatoms. The highest BCUT2D eigenvalue weighted by Gasteiger charge is 2.24. The maximum Gasteiger partial charge on any atom is 0.317 e. The van der Waals surface area contributed by atoms with Crippen molar-refractivity contribution < 1.29 is 25.4 Å². The van der Waals surface area contributed by atoms with Gasteiger partial charge in [0.1, 0.15) is 0 Å². The number of carbonyl (C=O) groups excluding carboxylic acids is 1. The number of carbonyl (C=O) groups is 1. The number of rotatable bonds is 5. The van der Waals surface area contributed by atoms with E-state index in [1.165, 1.54) is 25.1 Å². The molecule has 0 aromatic heterocycles. The zero-order chi connectivity index (χ0) is 33.4. The highest BCUT2D eigenvalue weighted by atomic mass is 35.5. The molecule has 2 fully saturated rings. The van der Waals surface area contributed by atoms with Gasteiger partial charge in [0.05, 0.1) is 16.2 Å². The Morgan fingerprint density at radius 3 is 2.71 bits per heavy atom. The predicted octanol–water partition coefficient (Wildman–Crippen LogP) is 3.99. The number of hydrogen-bond acceptors (Lipinski definition) is 3. The smallest absolute Gasteiger partial charge is 0.317 e. The van der Waals surface area contributed by atoms with Crippen molar-refractivity contribution in [2.24, 2.45) is 5.92 Å². The summed E-state index contributed by atoms with van der Waals surface area (Å²) in [5.41, 5.74) is 0.00923. The summed E-state index contributed by atoms with van der Waals surface area (Å²) >= 11 is 6.33. The number of urea groups is 1. The highest BCUT2D eigenvalue weighted by molar-refractivity contribution is 6.34. The summed E-state index contributed by atoms with van der Waals surface area (Å²) in [6, 6.07) is 2.68. The zero-order valence-corrected chi connectivity index (χ0v) is 16.6. The van der Waals surface area contributed by atoms with Crippen LogP contribution in [-0.2, 0) is 0 Å². The highest BCUT2D eigenvalue weighted by Crippen LogP contribution is 2.30. The van der Waals surface area contributed by atoms with Crippen LogP contribution < -0.4 is 10.2 Å². The number of nitrogens with one attached hydrogen (secondary N) is 1.